The van der Waals surface area contributed by atoms with Crippen LogP contribution in [-0.4, -0.2) is 34.7 Å². The first-order valence-corrected chi connectivity index (χ1v) is 8.21. The van der Waals surface area contributed by atoms with E-state index in [1.165, 1.54) is 0 Å². The van der Waals surface area contributed by atoms with Gasteiger partial charge in [-0.05, 0) is 0 Å². The number of thioether (sulfide) groups is 1. The van der Waals surface area contributed by atoms with Gasteiger partial charge >= 0.3 is 0 Å². The van der Waals surface area contributed by atoms with Gasteiger partial charge in [-0.25, -0.2) is 4.98 Å². The maximum atomic E-state index is 8.50. The summed E-state index contributed by atoms with van der Waals surface area (Å²) in [6.07, 6.45) is 3.81. The molecule has 0 amide bonds. The van der Waals surface area contributed by atoms with Gasteiger partial charge < -0.3 is 5.32 Å². The van der Waals surface area contributed by atoms with Crippen LogP contribution in [0.5, 0.6) is 0 Å². The Balaban J connectivity index is 1.78. The number of imidazole rings is 1. The molecule has 20 heavy (non-hydrogen) atoms. The lowest BCUT2D eigenvalue weighted by Gasteiger charge is -2.06. The van der Waals surface area contributed by atoms with E-state index in [4.69, 9.17) is 16.9 Å². The molecular formula is C11H13ClN6S2. The lowest BCUT2D eigenvalue weighted by atomic mass is 10.5. The van der Waals surface area contributed by atoms with Crippen molar-refractivity contribution in [3.63, 3.8) is 0 Å². The Morgan fingerprint density at radius 3 is 3.30 bits per heavy atom. The smallest absolute Gasteiger partial charge is 0.204 e. The van der Waals surface area contributed by atoms with E-state index in [1.54, 1.807) is 30.1 Å². The van der Waals surface area contributed by atoms with Gasteiger partial charge in [0, 0.05) is 36.7 Å². The molecule has 2 rings (SSSR count). The number of hydrogen-bond donors (Lipinski definition) is 2. The number of nitrogens with zero attached hydrogens (tertiary/aromatic N) is 4. The second-order valence-electron chi connectivity index (χ2n) is 3.69. The average molecular weight is 329 g/mol. The molecule has 0 aliphatic heterocycles. The molecule has 0 aliphatic rings. The number of fused-ring (bicyclic) bond motifs is 1. The number of rotatable bonds is 5. The summed E-state index contributed by atoms with van der Waals surface area (Å²) in [6.45, 7) is 0.717. The number of hydrogen-bond acceptors (Lipinski definition) is 5. The van der Waals surface area contributed by atoms with Gasteiger partial charge in [0.2, 0.25) is 5.96 Å². The molecule has 0 fully saturated rings. The first-order valence-electron chi connectivity index (χ1n) is 5.79. The van der Waals surface area contributed by atoms with Crippen LogP contribution in [0.15, 0.2) is 16.6 Å². The van der Waals surface area contributed by atoms with E-state index < -0.39 is 0 Å². The van der Waals surface area contributed by atoms with Gasteiger partial charge in [0.05, 0.1) is 5.69 Å². The summed E-state index contributed by atoms with van der Waals surface area (Å²) < 4.78 is 2.02. The molecule has 0 aliphatic carbocycles. The molecule has 2 heterocycles. The number of aliphatic imine (C=N–C) groups is 1. The number of thiazole rings is 1. The fourth-order valence-corrected chi connectivity index (χ4v) is 3.54. The van der Waals surface area contributed by atoms with Gasteiger partial charge in [-0.2, -0.15) is 17.0 Å². The number of nitriles is 1. The van der Waals surface area contributed by atoms with Crippen molar-refractivity contribution in [3.8, 4) is 6.19 Å². The van der Waals surface area contributed by atoms with Crippen LogP contribution in [0, 0.1) is 11.5 Å². The molecule has 2 N–H and O–H groups in total. The van der Waals surface area contributed by atoms with Crippen molar-refractivity contribution in [3.05, 3.63) is 22.4 Å². The van der Waals surface area contributed by atoms with Crippen LogP contribution in [0.25, 0.3) is 4.96 Å². The van der Waals surface area contributed by atoms with Crippen LogP contribution in [0.2, 0.25) is 5.15 Å². The first-order chi connectivity index (χ1) is 9.76. The monoisotopic (exact) mass is 328 g/mol. The predicted molar refractivity (Wildman–Crippen MR) is 84.4 cm³/mol. The Labute approximate surface area is 129 Å². The molecule has 2 aromatic rings. The molecule has 0 aromatic carbocycles. The van der Waals surface area contributed by atoms with Crippen molar-refractivity contribution in [2.75, 3.05) is 19.3 Å². The van der Waals surface area contributed by atoms with Crippen molar-refractivity contribution in [2.45, 2.75) is 5.75 Å². The van der Waals surface area contributed by atoms with Gasteiger partial charge in [-0.3, -0.25) is 14.7 Å². The highest BCUT2D eigenvalue weighted by atomic mass is 35.5. The maximum Gasteiger partial charge on any atom is 0.204 e. The van der Waals surface area contributed by atoms with Crippen molar-refractivity contribution in [1.82, 2.24) is 20.0 Å². The third-order valence-electron chi connectivity index (χ3n) is 2.49. The largest absolute Gasteiger partial charge is 0.355 e. The molecule has 0 radical (unpaired) electrons. The molecule has 0 saturated carbocycles. The zero-order valence-corrected chi connectivity index (χ0v) is 13.1. The van der Waals surface area contributed by atoms with E-state index in [0.717, 1.165) is 28.7 Å². The van der Waals surface area contributed by atoms with Crippen molar-refractivity contribution >= 4 is 45.6 Å². The Morgan fingerprint density at radius 1 is 1.70 bits per heavy atom. The van der Waals surface area contributed by atoms with Gasteiger partial charge in [0.15, 0.2) is 16.3 Å². The van der Waals surface area contributed by atoms with Crippen LogP contribution in [0.3, 0.4) is 0 Å². The van der Waals surface area contributed by atoms with E-state index in [9.17, 15) is 0 Å². The second kappa shape index (κ2) is 7.38. The average Bonchev–Trinajstić information content (AvgIpc) is 2.99. The second-order valence-corrected chi connectivity index (χ2v) is 6.03. The van der Waals surface area contributed by atoms with Gasteiger partial charge in [-0.15, -0.1) is 11.3 Å². The van der Waals surface area contributed by atoms with E-state index in [0.29, 0.717) is 11.1 Å². The zero-order valence-electron chi connectivity index (χ0n) is 10.8. The van der Waals surface area contributed by atoms with E-state index in [1.807, 2.05) is 22.2 Å². The standard InChI is InChI=1S/C11H13ClN6S2/c1-14-10(16-7-13)15-2-4-19-6-8-9(12)17-11-18(8)3-5-20-11/h3,5H,2,4,6H2,1H3,(H2,14,15,16). The number of guanidine groups is 1. The van der Waals surface area contributed by atoms with Crippen LogP contribution in [-0.2, 0) is 5.75 Å². The van der Waals surface area contributed by atoms with Crippen molar-refractivity contribution in [2.24, 2.45) is 4.99 Å². The SMILES string of the molecule is CN=C(NC#N)NCCSCc1c(Cl)nc2sccn12. The third kappa shape index (κ3) is 3.56. The maximum absolute atomic E-state index is 8.50. The van der Waals surface area contributed by atoms with Crippen LogP contribution < -0.4 is 10.6 Å². The highest BCUT2D eigenvalue weighted by Crippen LogP contribution is 2.24. The lowest BCUT2D eigenvalue weighted by molar-refractivity contribution is 0.930. The van der Waals surface area contributed by atoms with E-state index in [2.05, 4.69) is 20.6 Å². The summed E-state index contributed by atoms with van der Waals surface area (Å²) in [5.74, 6) is 2.15. The quantitative estimate of drug-likeness (QED) is 0.288. The Bertz CT molecular complexity index is 641. The van der Waals surface area contributed by atoms with E-state index >= 15 is 0 Å². The van der Waals surface area contributed by atoms with Crippen LogP contribution >= 0.6 is 34.7 Å². The molecule has 0 unspecified atom stereocenters. The molecule has 6 nitrogen and oxygen atoms in total. The summed E-state index contributed by atoms with van der Waals surface area (Å²) in [5.41, 5.74) is 1.02. The summed E-state index contributed by atoms with van der Waals surface area (Å²) in [7, 11) is 1.62. The number of halogens is 1. The first kappa shape index (κ1) is 15.0. The highest BCUT2D eigenvalue weighted by Gasteiger charge is 2.10. The van der Waals surface area contributed by atoms with Crippen molar-refractivity contribution in [1.29, 1.82) is 5.26 Å². The normalized spacial score (nSPS) is 11.6. The fourth-order valence-electron chi connectivity index (χ4n) is 1.58. The molecule has 0 atom stereocenters. The Morgan fingerprint density at radius 2 is 2.55 bits per heavy atom. The van der Waals surface area contributed by atoms with Crippen molar-refractivity contribution < 1.29 is 0 Å². The Kier molecular flexibility index (Phi) is 5.52. The minimum absolute atomic E-state index is 0.482. The number of nitrogens with one attached hydrogen (secondary N) is 2. The summed E-state index contributed by atoms with van der Waals surface area (Å²) in [4.78, 5) is 9.11. The van der Waals surface area contributed by atoms with Crippen LogP contribution in [0.4, 0.5) is 0 Å². The molecule has 106 valence electrons. The lowest BCUT2D eigenvalue weighted by Crippen LogP contribution is -2.35. The molecule has 0 saturated heterocycles. The number of aromatic nitrogens is 2. The summed E-state index contributed by atoms with van der Waals surface area (Å²) in [5, 5.41) is 16.6. The fraction of sp³-hybridized carbons (Fsp3) is 0.364. The molecule has 9 heteroatoms. The minimum atomic E-state index is 0.482. The summed E-state index contributed by atoms with van der Waals surface area (Å²) in [6, 6.07) is 0. The van der Waals surface area contributed by atoms with Gasteiger partial charge in [-0.1, -0.05) is 11.6 Å². The molecule has 2 aromatic heterocycles. The van der Waals surface area contributed by atoms with Crippen LogP contribution in [0.1, 0.15) is 5.69 Å². The topological polar surface area (TPSA) is 77.5 Å². The van der Waals surface area contributed by atoms with E-state index in [-0.39, 0.29) is 0 Å². The summed E-state index contributed by atoms with van der Waals surface area (Å²) >= 11 is 9.43. The molecule has 0 spiro atoms. The predicted octanol–water partition coefficient (Wildman–Crippen LogP) is 1.93. The van der Waals surface area contributed by atoms with Gasteiger partial charge in [0.1, 0.15) is 0 Å². The third-order valence-corrected chi connectivity index (χ3v) is 4.52. The highest BCUT2D eigenvalue weighted by molar-refractivity contribution is 7.98. The minimum Gasteiger partial charge on any atom is -0.355 e. The molecule has 0 bridgehead atoms. The Hall–Kier alpha value is -1.43. The molecular weight excluding hydrogens is 316 g/mol. The van der Waals surface area contributed by atoms with Gasteiger partial charge in [0.25, 0.3) is 0 Å². The zero-order chi connectivity index (χ0) is 14.4.